The number of nitrogens with zero attached hydrogens (tertiary/aromatic N) is 1. The van der Waals surface area contributed by atoms with Gasteiger partial charge in [0.15, 0.2) is 0 Å². The molecular weight excluding hydrogens is 168 g/mol. The topological polar surface area (TPSA) is 67.8 Å². The molecule has 1 atom stereocenters. The molecule has 3 N–H and O–H groups in total. The average Bonchev–Trinajstić information content (AvgIpc) is 2.02. The molecule has 1 aliphatic heterocycles. The Balaban J connectivity index is 2.66. The van der Waals surface area contributed by atoms with E-state index in [-0.39, 0.29) is 5.92 Å². The van der Waals surface area contributed by atoms with Crippen LogP contribution in [0.4, 0.5) is 0 Å². The summed E-state index contributed by atoms with van der Waals surface area (Å²) in [4.78, 5) is 3.85. The summed E-state index contributed by atoms with van der Waals surface area (Å²) in [6.07, 6.45) is 1.26. The molecule has 1 unspecified atom stereocenters. The van der Waals surface area contributed by atoms with Gasteiger partial charge in [-0.05, 0) is 6.92 Å². The molecule has 4 heteroatoms. The Hall–Kier alpha value is -0.870. The maximum absolute atomic E-state index is 9.82. The first-order valence-corrected chi connectivity index (χ1v) is 4.35. The summed E-state index contributed by atoms with van der Waals surface area (Å²) in [5.74, 6) is 0.577. The van der Waals surface area contributed by atoms with Crippen molar-refractivity contribution < 1.29 is 9.84 Å². The van der Waals surface area contributed by atoms with Crippen LogP contribution < -0.4 is 5.73 Å². The molecule has 0 aliphatic carbocycles. The highest BCUT2D eigenvalue weighted by Gasteiger charge is 2.30. The smallest absolute Gasteiger partial charge is 0.123 e. The van der Waals surface area contributed by atoms with Crippen LogP contribution in [0.25, 0.3) is 0 Å². The largest absolute Gasteiger partial charge is 0.388 e. The maximum Gasteiger partial charge on any atom is 0.123 e. The van der Waals surface area contributed by atoms with E-state index in [2.05, 4.69) is 4.99 Å². The summed E-state index contributed by atoms with van der Waals surface area (Å²) >= 11 is 0. The van der Waals surface area contributed by atoms with Gasteiger partial charge in [-0.2, -0.15) is 0 Å². The van der Waals surface area contributed by atoms with Crippen molar-refractivity contribution in [3.05, 3.63) is 11.6 Å². The van der Waals surface area contributed by atoms with Gasteiger partial charge in [-0.1, -0.05) is 6.08 Å². The fourth-order valence-electron chi connectivity index (χ4n) is 1.29. The highest BCUT2D eigenvalue weighted by molar-refractivity contribution is 5.97. The molecule has 0 aromatic carbocycles. The number of allylic oxidation sites excluding steroid dienone is 1. The van der Waals surface area contributed by atoms with Crippen LogP contribution in [0.2, 0.25) is 0 Å². The Labute approximate surface area is 78.1 Å². The van der Waals surface area contributed by atoms with Gasteiger partial charge >= 0.3 is 0 Å². The van der Waals surface area contributed by atoms with Crippen LogP contribution in [0.1, 0.15) is 6.92 Å². The molecule has 0 radical (unpaired) electrons. The van der Waals surface area contributed by atoms with Gasteiger partial charge in [0.2, 0.25) is 0 Å². The normalized spacial score (nSPS) is 22.7. The summed E-state index contributed by atoms with van der Waals surface area (Å²) in [6, 6.07) is 0. The van der Waals surface area contributed by atoms with E-state index < -0.39 is 6.10 Å². The maximum atomic E-state index is 9.82. The van der Waals surface area contributed by atoms with Crippen molar-refractivity contribution in [3.8, 4) is 0 Å². The minimum atomic E-state index is -0.539. The molecule has 4 nitrogen and oxygen atoms in total. The third kappa shape index (κ3) is 2.08. The Kier molecular flexibility index (Phi) is 3.45. The third-order valence-corrected chi connectivity index (χ3v) is 2.28. The zero-order chi connectivity index (χ0) is 9.84. The number of hydrogen-bond acceptors (Lipinski definition) is 3. The molecule has 0 aromatic heterocycles. The van der Waals surface area contributed by atoms with Crippen molar-refractivity contribution in [1.29, 1.82) is 0 Å². The third-order valence-electron chi connectivity index (χ3n) is 2.28. The van der Waals surface area contributed by atoms with Crippen molar-refractivity contribution in [2.75, 3.05) is 20.3 Å². The number of nitrogens with two attached hydrogens (primary N) is 1. The molecule has 0 bridgehead atoms. The van der Waals surface area contributed by atoms with Gasteiger partial charge in [0, 0.05) is 18.5 Å². The molecule has 1 saturated heterocycles. The van der Waals surface area contributed by atoms with E-state index in [1.165, 1.54) is 0 Å². The van der Waals surface area contributed by atoms with Gasteiger partial charge in [0.25, 0.3) is 0 Å². The number of aliphatic hydroxyl groups is 1. The Morgan fingerprint density at radius 3 is 2.62 bits per heavy atom. The Morgan fingerprint density at radius 2 is 2.31 bits per heavy atom. The van der Waals surface area contributed by atoms with Crippen LogP contribution in [-0.2, 0) is 4.74 Å². The molecule has 1 fully saturated rings. The van der Waals surface area contributed by atoms with E-state index in [0.717, 1.165) is 0 Å². The van der Waals surface area contributed by atoms with Gasteiger partial charge in [-0.15, -0.1) is 0 Å². The minimum Gasteiger partial charge on any atom is -0.388 e. The van der Waals surface area contributed by atoms with Crippen molar-refractivity contribution in [2.24, 2.45) is 16.6 Å². The van der Waals surface area contributed by atoms with E-state index in [1.807, 2.05) is 6.92 Å². The highest BCUT2D eigenvalue weighted by Crippen LogP contribution is 2.20. The first-order chi connectivity index (χ1) is 6.20. The molecule has 1 heterocycles. The molecule has 0 aromatic rings. The monoisotopic (exact) mass is 184 g/mol. The quantitative estimate of drug-likeness (QED) is 0.476. The molecule has 0 amide bonds. The summed E-state index contributed by atoms with van der Waals surface area (Å²) in [6.45, 7) is 3.06. The summed E-state index contributed by atoms with van der Waals surface area (Å²) in [5.41, 5.74) is 6.33. The van der Waals surface area contributed by atoms with Gasteiger partial charge in [-0.3, -0.25) is 4.99 Å². The van der Waals surface area contributed by atoms with E-state index in [9.17, 15) is 5.11 Å². The molecule has 13 heavy (non-hydrogen) atoms. The minimum absolute atomic E-state index is 0.173. The second kappa shape index (κ2) is 4.39. The molecule has 1 aliphatic rings. The molecule has 0 spiro atoms. The van der Waals surface area contributed by atoms with Crippen molar-refractivity contribution in [1.82, 2.24) is 0 Å². The summed E-state index contributed by atoms with van der Waals surface area (Å²) < 4.78 is 5.00. The lowest BCUT2D eigenvalue weighted by Crippen LogP contribution is -2.41. The lowest BCUT2D eigenvalue weighted by atomic mass is 9.93. The predicted octanol–water partition coefficient (Wildman–Crippen LogP) is -0.0730. The zero-order valence-electron chi connectivity index (χ0n) is 8.03. The number of hydrogen-bond donors (Lipinski definition) is 2. The van der Waals surface area contributed by atoms with E-state index in [1.54, 1.807) is 13.1 Å². The lowest BCUT2D eigenvalue weighted by molar-refractivity contribution is -0.0783. The van der Waals surface area contributed by atoms with Crippen LogP contribution >= 0.6 is 0 Å². The molecule has 74 valence electrons. The average molecular weight is 184 g/mol. The second-order valence-corrected chi connectivity index (χ2v) is 3.10. The number of aliphatic imine (C=N–C) groups is 1. The van der Waals surface area contributed by atoms with Crippen LogP contribution in [0.5, 0.6) is 0 Å². The predicted molar refractivity (Wildman–Crippen MR) is 51.6 cm³/mol. The SMILES string of the molecule is C/C=C(\C(N)=N/C)C(O)C1COC1. The molecule has 1 rings (SSSR count). The number of aliphatic hydroxyl groups excluding tert-OH is 1. The van der Waals surface area contributed by atoms with Crippen LogP contribution in [0.3, 0.4) is 0 Å². The van der Waals surface area contributed by atoms with Crippen molar-refractivity contribution in [2.45, 2.75) is 13.0 Å². The summed E-state index contributed by atoms with van der Waals surface area (Å²) in [7, 11) is 1.61. The van der Waals surface area contributed by atoms with Gasteiger partial charge in [0.1, 0.15) is 5.84 Å². The fourth-order valence-corrected chi connectivity index (χ4v) is 1.29. The number of rotatable bonds is 3. The highest BCUT2D eigenvalue weighted by atomic mass is 16.5. The fraction of sp³-hybridized carbons (Fsp3) is 0.667. The van der Waals surface area contributed by atoms with E-state index in [4.69, 9.17) is 10.5 Å². The lowest BCUT2D eigenvalue weighted by Gasteiger charge is -2.31. The van der Waals surface area contributed by atoms with Crippen molar-refractivity contribution in [3.63, 3.8) is 0 Å². The van der Waals surface area contributed by atoms with Crippen LogP contribution in [0, 0.1) is 5.92 Å². The van der Waals surface area contributed by atoms with E-state index in [0.29, 0.717) is 24.6 Å². The number of ether oxygens (including phenoxy) is 1. The standard InChI is InChI=1S/C9H16N2O2/c1-3-7(9(10)11-2)8(12)6-4-13-5-6/h3,6,8,12H,4-5H2,1-2H3,(H2,10,11)/b7-3-. The molecule has 0 saturated carbocycles. The summed E-state index contributed by atoms with van der Waals surface area (Å²) in [5, 5.41) is 9.82. The van der Waals surface area contributed by atoms with E-state index >= 15 is 0 Å². The van der Waals surface area contributed by atoms with Gasteiger partial charge < -0.3 is 15.6 Å². The Morgan fingerprint density at radius 1 is 1.69 bits per heavy atom. The van der Waals surface area contributed by atoms with Crippen molar-refractivity contribution >= 4 is 5.84 Å². The van der Waals surface area contributed by atoms with Gasteiger partial charge in [0.05, 0.1) is 19.3 Å². The van der Waals surface area contributed by atoms with Crippen LogP contribution in [-0.4, -0.2) is 37.3 Å². The first kappa shape index (κ1) is 10.2. The second-order valence-electron chi connectivity index (χ2n) is 3.10. The molecular formula is C9H16N2O2. The first-order valence-electron chi connectivity index (χ1n) is 4.35. The number of amidine groups is 1. The zero-order valence-corrected chi connectivity index (χ0v) is 8.03. The Bertz CT molecular complexity index is 232. The van der Waals surface area contributed by atoms with Crippen LogP contribution in [0.15, 0.2) is 16.6 Å². The van der Waals surface area contributed by atoms with Gasteiger partial charge in [-0.25, -0.2) is 0 Å².